The minimum atomic E-state index is 0.982. The number of fused-ring (bicyclic) bond motifs is 1. The fourth-order valence-electron chi connectivity index (χ4n) is 2.45. The topological polar surface area (TPSA) is 24.9 Å². The van der Waals surface area contributed by atoms with E-state index >= 15 is 0 Å². The zero-order chi connectivity index (χ0) is 11.7. The lowest BCUT2D eigenvalue weighted by molar-refractivity contribution is 0.643. The van der Waals surface area contributed by atoms with Crippen molar-refractivity contribution in [1.82, 2.24) is 10.3 Å². The first-order chi connectivity index (χ1) is 8.34. The number of hydrogen-bond donors (Lipinski definition) is 1. The van der Waals surface area contributed by atoms with Crippen molar-refractivity contribution in [3.05, 3.63) is 53.2 Å². The van der Waals surface area contributed by atoms with E-state index in [4.69, 9.17) is 0 Å². The van der Waals surface area contributed by atoms with Gasteiger partial charge in [0.05, 0.1) is 5.69 Å². The summed E-state index contributed by atoms with van der Waals surface area (Å²) in [6.07, 6.45) is 2.99. The van der Waals surface area contributed by atoms with E-state index in [9.17, 15) is 0 Å². The molecule has 0 fully saturated rings. The highest BCUT2D eigenvalue weighted by atomic mass is 14.9. The Balaban J connectivity index is 2.12. The third-order valence-corrected chi connectivity index (χ3v) is 3.37. The van der Waals surface area contributed by atoms with Gasteiger partial charge in [0.25, 0.3) is 0 Å². The molecule has 1 aromatic heterocycles. The van der Waals surface area contributed by atoms with Crippen molar-refractivity contribution in [3.8, 4) is 11.3 Å². The normalized spacial score (nSPS) is 14.4. The van der Waals surface area contributed by atoms with Crippen LogP contribution in [0.15, 0.2) is 36.5 Å². The van der Waals surface area contributed by atoms with Gasteiger partial charge in [-0.2, -0.15) is 0 Å². The Morgan fingerprint density at radius 1 is 1.18 bits per heavy atom. The van der Waals surface area contributed by atoms with E-state index in [1.807, 2.05) is 18.3 Å². The summed E-state index contributed by atoms with van der Waals surface area (Å²) in [5.41, 5.74) is 6.55. The van der Waals surface area contributed by atoms with Crippen LogP contribution in [0.25, 0.3) is 11.3 Å². The quantitative estimate of drug-likeness (QED) is 0.805. The van der Waals surface area contributed by atoms with E-state index in [2.05, 4.69) is 35.4 Å². The van der Waals surface area contributed by atoms with Crippen LogP contribution in [0, 0.1) is 6.92 Å². The molecular weight excluding hydrogens is 208 g/mol. The second-order valence-electron chi connectivity index (χ2n) is 4.58. The Hall–Kier alpha value is -1.67. The maximum atomic E-state index is 4.44. The van der Waals surface area contributed by atoms with Gasteiger partial charge in [-0.1, -0.05) is 12.1 Å². The lowest BCUT2D eigenvalue weighted by Gasteiger charge is -2.19. The molecule has 2 heterocycles. The SMILES string of the molecule is Cc1cc2c(cc1-c1ccccn1)CNCC2. The molecule has 1 aliphatic heterocycles. The molecule has 0 spiro atoms. The van der Waals surface area contributed by atoms with Crippen molar-refractivity contribution in [1.29, 1.82) is 0 Å². The van der Waals surface area contributed by atoms with Crippen molar-refractivity contribution in [2.75, 3.05) is 6.54 Å². The lowest BCUT2D eigenvalue weighted by atomic mass is 9.93. The van der Waals surface area contributed by atoms with Crippen molar-refractivity contribution in [2.45, 2.75) is 19.9 Å². The Bertz CT molecular complexity index is 532. The molecule has 0 saturated carbocycles. The number of pyridine rings is 1. The number of benzene rings is 1. The summed E-state index contributed by atoms with van der Waals surface area (Å²) < 4.78 is 0. The monoisotopic (exact) mass is 224 g/mol. The van der Waals surface area contributed by atoms with Gasteiger partial charge in [-0.25, -0.2) is 0 Å². The molecule has 0 radical (unpaired) electrons. The van der Waals surface area contributed by atoms with Crippen LogP contribution < -0.4 is 5.32 Å². The van der Waals surface area contributed by atoms with Crippen LogP contribution in [0.5, 0.6) is 0 Å². The van der Waals surface area contributed by atoms with E-state index in [1.54, 1.807) is 0 Å². The molecule has 17 heavy (non-hydrogen) atoms. The fourth-order valence-corrected chi connectivity index (χ4v) is 2.45. The molecule has 0 amide bonds. The lowest BCUT2D eigenvalue weighted by Crippen LogP contribution is -2.23. The molecule has 0 bridgehead atoms. The molecule has 0 aliphatic carbocycles. The minimum Gasteiger partial charge on any atom is -0.312 e. The van der Waals surface area contributed by atoms with Gasteiger partial charge in [0, 0.05) is 18.3 Å². The minimum absolute atomic E-state index is 0.982. The standard InChI is InChI=1S/C15H16N2/c1-11-8-12-5-7-16-10-13(12)9-14(11)15-4-2-3-6-17-15/h2-4,6,8-9,16H,5,7,10H2,1H3. The highest BCUT2D eigenvalue weighted by Crippen LogP contribution is 2.26. The highest BCUT2D eigenvalue weighted by Gasteiger charge is 2.12. The summed E-state index contributed by atoms with van der Waals surface area (Å²) in [5, 5.41) is 3.42. The van der Waals surface area contributed by atoms with E-state index in [0.717, 1.165) is 25.2 Å². The van der Waals surface area contributed by atoms with Gasteiger partial charge in [0.1, 0.15) is 0 Å². The largest absolute Gasteiger partial charge is 0.312 e. The molecule has 1 aromatic carbocycles. The summed E-state index contributed by atoms with van der Waals surface area (Å²) >= 11 is 0. The van der Waals surface area contributed by atoms with Gasteiger partial charge in [-0.15, -0.1) is 0 Å². The third-order valence-electron chi connectivity index (χ3n) is 3.37. The fraction of sp³-hybridized carbons (Fsp3) is 0.267. The van der Waals surface area contributed by atoms with Gasteiger partial charge in [0.15, 0.2) is 0 Å². The van der Waals surface area contributed by atoms with Crippen LogP contribution in [-0.2, 0) is 13.0 Å². The van der Waals surface area contributed by atoms with Gasteiger partial charge in [-0.3, -0.25) is 4.98 Å². The first kappa shape index (κ1) is 10.5. The first-order valence-corrected chi connectivity index (χ1v) is 6.09. The molecule has 0 saturated heterocycles. The van der Waals surface area contributed by atoms with Crippen molar-refractivity contribution >= 4 is 0 Å². The smallest absolute Gasteiger partial charge is 0.0704 e. The molecule has 2 nitrogen and oxygen atoms in total. The first-order valence-electron chi connectivity index (χ1n) is 6.09. The Kier molecular flexibility index (Phi) is 2.65. The number of nitrogens with one attached hydrogen (secondary N) is 1. The molecule has 1 aliphatic rings. The molecular formula is C15H16N2. The average molecular weight is 224 g/mol. The average Bonchev–Trinajstić information content (AvgIpc) is 2.39. The molecule has 2 aromatic rings. The zero-order valence-electron chi connectivity index (χ0n) is 10.0. The highest BCUT2D eigenvalue weighted by molar-refractivity contribution is 5.65. The Morgan fingerprint density at radius 2 is 2.12 bits per heavy atom. The Labute approximate surface area is 102 Å². The van der Waals surface area contributed by atoms with Crippen LogP contribution in [0.3, 0.4) is 0 Å². The van der Waals surface area contributed by atoms with Crippen LogP contribution in [0.1, 0.15) is 16.7 Å². The van der Waals surface area contributed by atoms with E-state index in [0.29, 0.717) is 0 Å². The summed E-state index contributed by atoms with van der Waals surface area (Å²) in [6.45, 7) is 4.25. The second-order valence-corrected chi connectivity index (χ2v) is 4.58. The number of aromatic nitrogens is 1. The molecule has 0 unspecified atom stereocenters. The number of rotatable bonds is 1. The van der Waals surface area contributed by atoms with Gasteiger partial charge in [0.2, 0.25) is 0 Å². The van der Waals surface area contributed by atoms with Crippen molar-refractivity contribution in [2.24, 2.45) is 0 Å². The van der Waals surface area contributed by atoms with E-state index in [1.165, 1.54) is 22.3 Å². The van der Waals surface area contributed by atoms with Gasteiger partial charge in [-0.05, 0) is 54.8 Å². The summed E-state index contributed by atoms with van der Waals surface area (Å²) in [5.74, 6) is 0. The molecule has 0 atom stereocenters. The van der Waals surface area contributed by atoms with Crippen LogP contribution in [0.4, 0.5) is 0 Å². The predicted octanol–water partition coefficient (Wildman–Crippen LogP) is 2.70. The molecule has 3 rings (SSSR count). The molecule has 2 heteroatoms. The maximum Gasteiger partial charge on any atom is 0.0704 e. The zero-order valence-corrected chi connectivity index (χ0v) is 10.0. The number of hydrogen-bond acceptors (Lipinski definition) is 2. The van der Waals surface area contributed by atoms with E-state index in [-0.39, 0.29) is 0 Å². The number of nitrogens with zero attached hydrogens (tertiary/aromatic N) is 1. The summed E-state index contributed by atoms with van der Waals surface area (Å²) in [7, 11) is 0. The second kappa shape index (κ2) is 4.30. The van der Waals surface area contributed by atoms with Crippen molar-refractivity contribution in [3.63, 3.8) is 0 Å². The third kappa shape index (κ3) is 1.96. The molecule has 86 valence electrons. The van der Waals surface area contributed by atoms with E-state index < -0.39 is 0 Å². The van der Waals surface area contributed by atoms with Crippen LogP contribution in [0.2, 0.25) is 0 Å². The molecule has 1 N–H and O–H groups in total. The Morgan fingerprint density at radius 3 is 2.94 bits per heavy atom. The maximum absolute atomic E-state index is 4.44. The predicted molar refractivity (Wildman–Crippen MR) is 69.8 cm³/mol. The van der Waals surface area contributed by atoms with Crippen LogP contribution in [-0.4, -0.2) is 11.5 Å². The summed E-state index contributed by atoms with van der Waals surface area (Å²) in [6, 6.07) is 10.7. The number of aryl methyl sites for hydroxylation is 1. The van der Waals surface area contributed by atoms with Crippen molar-refractivity contribution < 1.29 is 0 Å². The van der Waals surface area contributed by atoms with Crippen LogP contribution >= 0.6 is 0 Å². The van der Waals surface area contributed by atoms with Gasteiger partial charge >= 0.3 is 0 Å². The summed E-state index contributed by atoms with van der Waals surface area (Å²) in [4.78, 5) is 4.44. The van der Waals surface area contributed by atoms with Gasteiger partial charge < -0.3 is 5.32 Å².